The molecule has 0 aromatic carbocycles. The van der Waals surface area contributed by atoms with E-state index in [1.165, 1.54) is 11.3 Å². The second-order valence-corrected chi connectivity index (χ2v) is 5.69. The molecule has 0 saturated carbocycles. The van der Waals surface area contributed by atoms with Crippen LogP contribution < -0.4 is 10.6 Å². The van der Waals surface area contributed by atoms with E-state index in [1.54, 1.807) is 6.20 Å². The van der Waals surface area contributed by atoms with Gasteiger partial charge in [0.15, 0.2) is 5.13 Å². The summed E-state index contributed by atoms with van der Waals surface area (Å²) in [5.74, 6) is -0.0874. The quantitative estimate of drug-likeness (QED) is 0.852. The number of nitrogens with one attached hydrogen (secondary N) is 2. The molecule has 108 valence electrons. The van der Waals surface area contributed by atoms with Gasteiger partial charge in [0.1, 0.15) is 0 Å². The van der Waals surface area contributed by atoms with Crippen molar-refractivity contribution in [3.63, 3.8) is 0 Å². The highest BCUT2D eigenvalue weighted by atomic mass is 32.1. The third-order valence-electron chi connectivity index (χ3n) is 3.13. The summed E-state index contributed by atoms with van der Waals surface area (Å²) in [7, 11) is 0. The molecule has 2 rings (SSSR count). The minimum atomic E-state index is -0.0874. The Balaban J connectivity index is 1.79. The largest absolute Gasteiger partial charge is 0.304 e. The Kier molecular flexibility index (Phi) is 4.86. The molecule has 0 fully saturated rings. The molecule has 1 amide bonds. The summed E-state index contributed by atoms with van der Waals surface area (Å²) in [6.45, 7) is 6.38. The zero-order chi connectivity index (χ0) is 14.5. The fraction of sp³-hybridized carbons (Fsp3) is 0.462. The van der Waals surface area contributed by atoms with Gasteiger partial charge in [-0.3, -0.25) is 9.48 Å². The van der Waals surface area contributed by atoms with Crippen molar-refractivity contribution in [1.82, 2.24) is 20.1 Å². The summed E-state index contributed by atoms with van der Waals surface area (Å²) >= 11 is 1.41. The van der Waals surface area contributed by atoms with Crippen molar-refractivity contribution in [3.8, 4) is 0 Å². The van der Waals surface area contributed by atoms with Crippen LogP contribution in [-0.2, 0) is 4.79 Å². The molecule has 2 atom stereocenters. The van der Waals surface area contributed by atoms with Crippen LogP contribution in [0.1, 0.15) is 25.5 Å². The van der Waals surface area contributed by atoms with Crippen LogP contribution in [0, 0.1) is 6.92 Å². The molecule has 0 aliphatic rings. The molecule has 0 aliphatic carbocycles. The maximum absolute atomic E-state index is 11.7. The maximum atomic E-state index is 11.7. The standard InChI is InChI=1S/C13H19N5OS/c1-9-6-16-18(8-9)11(3)10(2)15-7-12(19)17-13-14-4-5-20-13/h4-6,8,10-11,15H,7H2,1-3H3,(H,14,17,19)/t10-,11+/m0/s1. The van der Waals surface area contributed by atoms with E-state index in [1.807, 2.05) is 36.3 Å². The van der Waals surface area contributed by atoms with Crippen molar-refractivity contribution in [2.24, 2.45) is 0 Å². The molecular weight excluding hydrogens is 274 g/mol. The smallest absolute Gasteiger partial charge is 0.240 e. The third kappa shape index (κ3) is 3.88. The number of thiazole rings is 1. The lowest BCUT2D eigenvalue weighted by atomic mass is 10.2. The highest BCUT2D eigenvalue weighted by molar-refractivity contribution is 7.13. The molecule has 20 heavy (non-hydrogen) atoms. The monoisotopic (exact) mass is 293 g/mol. The lowest BCUT2D eigenvalue weighted by Gasteiger charge is -2.21. The minimum absolute atomic E-state index is 0.0874. The van der Waals surface area contributed by atoms with Gasteiger partial charge >= 0.3 is 0 Å². The highest BCUT2D eigenvalue weighted by Gasteiger charge is 2.15. The fourth-order valence-corrected chi connectivity index (χ4v) is 2.30. The molecule has 6 nitrogen and oxygen atoms in total. The van der Waals surface area contributed by atoms with Gasteiger partial charge < -0.3 is 10.6 Å². The van der Waals surface area contributed by atoms with Crippen molar-refractivity contribution in [1.29, 1.82) is 0 Å². The van der Waals surface area contributed by atoms with Gasteiger partial charge in [-0.25, -0.2) is 4.98 Å². The number of carbonyl (C=O) groups excluding carboxylic acids is 1. The summed E-state index contributed by atoms with van der Waals surface area (Å²) in [6.07, 6.45) is 5.50. The van der Waals surface area contributed by atoms with Gasteiger partial charge in [-0.2, -0.15) is 5.10 Å². The van der Waals surface area contributed by atoms with Crippen LogP contribution in [0.15, 0.2) is 24.0 Å². The predicted molar refractivity (Wildman–Crippen MR) is 79.9 cm³/mol. The average Bonchev–Trinajstić information content (AvgIpc) is 3.06. The number of carbonyl (C=O) groups is 1. The SMILES string of the molecule is Cc1cnn([C@H](C)[C@H](C)NCC(=O)Nc2nccs2)c1. The van der Waals surface area contributed by atoms with E-state index in [0.29, 0.717) is 5.13 Å². The first kappa shape index (κ1) is 14.7. The number of aromatic nitrogens is 3. The van der Waals surface area contributed by atoms with Crippen molar-refractivity contribution >= 4 is 22.4 Å². The van der Waals surface area contributed by atoms with E-state index in [9.17, 15) is 4.79 Å². The molecule has 2 heterocycles. The number of hydrogen-bond acceptors (Lipinski definition) is 5. The molecule has 2 aromatic heterocycles. The summed E-state index contributed by atoms with van der Waals surface area (Å²) in [5, 5.41) is 12.7. The Hall–Kier alpha value is -1.73. The average molecular weight is 293 g/mol. The van der Waals surface area contributed by atoms with Gasteiger partial charge in [-0.15, -0.1) is 11.3 Å². The van der Waals surface area contributed by atoms with E-state index in [2.05, 4.69) is 27.6 Å². The van der Waals surface area contributed by atoms with Gasteiger partial charge in [0.25, 0.3) is 0 Å². The molecule has 0 spiro atoms. The summed E-state index contributed by atoms with van der Waals surface area (Å²) < 4.78 is 1.91. The first-order valence-corrected chi connectivity index (χ1v) is 7.37. The number of amides is 1. The van der Waals surface area contributed by atoms with E-state index >= 15 is 0 Å². The van der Waals surface area contributed by atoms with Crippen LogP contribution in [0.5, 0.6) is 0 Å². The number of rotatable bonds is 6. The topological polar surface area (TPSA) is 71.8 Å². The number of hydrogen-bond donors (Lipinski definition) is 2. The molecule has 0 aliphatic heterocycles. The summed E-state index contributed by atoms with van der Waals surface area (Å²) in [5.41, 5.74) is 1.13. The molecule has 2 aromatic rings. The van der Waals surface area contributed by atoms with Crippen molar-refractivity contribution in [2.45, 2.75) is 32.9 Å². The molecule has 0 radical (unpaired) electrons. The fourth-order valence-electron chi connectivity index (χ4n) is 1.76. The predicted octanol–water partition coefficient (Wildman–Crippen LogP) is 1.83. The van der Waals surface area contributed by atoms with Gasteiger partial charge in [0.2, 0.25) is 5.91 Å². The maximum Gasteiger partial charge on any atom is 0.240 e. The molecule has 0 unspecified atom stereocenters. The lowest BCUT2D eigenvalue weighted by molar-refractivity contribution is -0.115. The number of anilines is 1. The number of aryl methyl sites for hydroxylation is 1. The zero-order valence-corrected chi connectivity index (χ0v) is 12.6. The van der Waals surface area contributed by atoms with E-state index in [-0.39, 0.29) is 24.5 Å². The zero-order valence-electron chi connectivity index (χ0n) is 11.8. The first-order chi connectivity index (χ1) is 9.56. The van der Waals surface area contributed by atoms with Gasteiger partial charge in [-0.1, -0.05) is 0 Å². The lowest BCUT2D eigenvalue weighted by Crippen LogP contribution is -2.39. The normalized spacial score (nSPS) is 13.9. The van der Waals surface area contributed by atoms with Crippen molar-refractivity contribution in [3.05, 3.63) is 29.5 Å². The Morgan fingerprint density at radius 1 is 1.50 bits per heavy atom. The minimum Gasteiger partial charge on any atom is -0.304 e. The Morgan fingerprint density at radius 2 is 2.30 bits per heavy atom. The summed E-state index contributed by atoms with van der Waals surface area (Å²) in [4.78, 5) is 15.8. The number of nitrogens with zero attached hydrogens (tertiary/aromatic N) is 3. The van der Waals surface area contributed by atoms with Crippen LogP contribution in [0.4, 0.5) is 5.13 Å². The van der Waals surface area contributed by atoms with Gasteiger partial charge in [0.05, 0.1) is 18.8 Å². The van der Waals surface area contributed by atoms with E-state index in [4.69, 9.17) is 0 Å². The molecule has 0 bridgehead atoms. The van der Waals surface area contributed by atoms with E-state index in [0.717, 1.165) is 5.56 Å². The second-order valence-electron chi connectivity index (χ2n) is 4.79. The van der Waals surface area contributed by atoms with Crippen LogP contribution >= 0.6 is 11.3 Å². The Bertz CT molecular complexity index is 551. The van der Waals surface area contributed by atoms with Gasteiger partial charge in [0, 0.05) is 23.8 Å². The Morgan fingerprint density at radius 3 is 2.90 bits per heavy atom. The van der Waals surface area contributed by atoms with Crippen molar-refractivity contribution in [2.75, 3.05) is 11.9 Å². The van der Waals surface area contributed by atoms with Crippen LogP contribution in [0.3, 0.4) is 0 Å². The summed E-state index contributed by atoms with van der Waals surface area (Å²) in [6, 6.07) is 0.313. The third-order valence-corrected chi connectivity index (χ3v) is 3.82. The van der Waals surface area contributed by atoms with Crippen molar-refractivity contribution < 1.29 is 4.79 Å². The molecule has 7 heteroatoms. The van der Waals surface area contributed by atoms with Gasteiger partial charge in [-0.05, 0) is 26.3 Å². The first-order valence-electron chi connectivity index (χ1n) is 6.49. The van der Waals surface area contributed by atoms with E-state index < -0.39 is 0 Å². The molecule has 2 N–H and O–H groups in total. The van der Waals surface area contributed by atoms with Crippen LogP contribution in [0.2, 0.25) is 0 Å². The van der Waals surface area contributed by atoms with Crippen LogP contribution in [0.25, 0.3) is 0 Å². The highest BCUT2D eigenvalue weighted by Crippen LogP contribution is 2.11. The second kappa shape index (κ2) is 6.62. The van der Waals surface area contributed by atoms with Crippen LogP contribution in [-0.4, -0.2) is 33.3 Å². The molecule has 0 saturated heterocycles. The Labute approximate surface area is 122 Å². The molecular formula is C13H19N5OS.